The van der Waals surface area contributed by atoms with Gasteiger partial charge in [0.25, 0.3) is 0 Å². The summed E-state index contributed by atoms with van der Waals surface area (Å²) in [5.74, 6) is -1.28. The summed E-state index contributed by atoms with van der Waals surface area (Å²) in [5, 5.41) is -0.188. The molecule has 3 nitrogen and oxygen atoms in total. The van der Waals surface area contributed by atoms with Crippen LogP contribution in [0.15, 0.2) is 0 Å². The Bertz CT molecular complexity index is 110. The molecule has 0 spiro atoms. The van der Waals surface area contributed by atoms with E-state index < -0.39 is 11.9 Å². The van der Waals surface area contributed by atoms with Crippen molar-refractivity contribution in [3.05, 3.63) is 0 Å². The maximum atomic E-state index is 10.1. The molecule has 8 heavy (non-hydrogen) atoms. The summed E-state index contributed by atoms with van der Waals surface area (Å²) in [4.78, 5) is 20.0. The van der Waals surface area contributed by atoms with Crippen molar-refractivity contribution in [2.45, 2.75) is 12.2 Å². The van der Waals surface area contributed by atoms with Gasteiger partial charge in [-0.3, -0.25) is 0 Å². The zero-order valence-corrected chi connectivity index (χ0v) is 5.18. The first kappa shape index (κ1) is 7.66. The molecule has 50 valence electrons. The van der Waals surface area contributed by atoms with E-state index >= 15 is 0 Å². The molecule has 0 aliphatic heterocycles. The minimum atomic E-state index is -0.669. The van der Waals surface area contributed by atoms with Gasteiger partial charge >= 0.3 is 54.5 Å². The van der Waals surface area contributed by atoms with Gasteiger partial charge in [-0.2, -0.15) is 0 Å². The molecular weight excluding hydrogens is 160 g/mol. The second-order valence-corrected chi connectivity index (χ2v) is 1.41. The van der Waals surface area contributed by atoms with E-state index in [0.29, 0.717) is 0 Å². The summed E-state index contributed by atoms with van der Waals surface area (Å²) in [5.41, 5.74) is 0. The number of ether oxygens (including phenoxy) is 1. The van der Waals surface area contributed by atoms with E-state index in [1.54, 1.807) is 0 Å². The Hall–Kier alpha value is -0.341. The monoisotopic (exact) mass is 164 g/mol. The summed E-state index contributed by atoms with van der Waals surface area (Å²) < 4.78 is 4.01. The van der Waals surface area contributed by atoms with Gasteiger partial charge in [0.05, 0.1) is 0 Å². The number of carbonyl (C=O) groups excluding carboxylic acids is 2. The van der Waals surface area contributed by atoms with Crippen molar-refractivity contribution in [1.29, 1.82) is 0 Å². The summed E-state index contributed by atoms with van der Waals surface area (Å²) in [6.07, 6.45) is 0. The van der Waals surface area contributed by atoms with Gasteiger partial charge in [0.15, 0.2) is 0 Å². The summed E-state index contributed by atoms with van der Waals surface area (Å²) in [6, 6.07) is 0. The molecule has 0 aromatic rings. The van der Waals surface area contributed by atoms with Crippen LogP contribution in [-0.4, -0.2) is 11.9 Å². The summed E-state index contributed by atoms with van der Waals surface area (Å²) in [7, 11) is 0. The molecule has 0 aromatic carbocycles. The first-order valence-electron chi connectivity index (χ1n) is 1.88. The average Bonchev–Trinajstić information content (AvgIpc) is 1.65. The van der Waals surface area contributed by atoms with Gasteiger partial charge in [-0.15, -0.1) is 0 Å². The molecule has 0 atom stereocenters. The van der Waals surface area contributed by atoms with Crippen LogP contribution in [0.4, 0.5) is 0 Å². The predicted octanol–water partition coefficient (Wildman–Crippen LogP) is 0.0412. The Kier molecular flexibility index (Phi) is 3.48. The topological polar surface area (TPSA) is 43.4 Å². The van der Waals surface area contributed by atoms with Gasteiger partial charge in [0.1, 0.15) is 0 Å². The zero-order chi connectivity index (χ0) is 6.57. The summed E-state index contributed by atoms with van der Waals surface area (Å²) in [6.45, 7) is 1.15. The van der Waals surface area contributed by atoms with E-state index in [9.17, 15) is 9.59 Å². The van der Waals surface area contributed by atoms with E-state index in [2.05, 4.69) is 20.7 Å². The molecule has 0 unspecified atom stereocenters. The van der Waals surface area contributed by atoms with Gasteiger partial charge in [-0.25, -0.2) is 0 Å². The number of carbonyl (C=O) groups is 2. The third-order valence-corrected chi connectivity index (χ3v) is 0.616. The molecule has 0 heterocycles. The van der Waals surface area contributed by atoms with Gasteiger partial charge in [-0.05, 0) is 0 Å². The molecule has 0 bridgehead atoms. The van der Waals surface area contributed by atoms with Crippen LogP contribution >= 0.6 is 0 Å². The molecule has 0 aromatic heterocycles. The van der Waals surface area contributed by atoms with Gasteiger partial charge in [-0.1, -0.05) is 0 Å². The van der Waals surface area contributed by atoms with Crippen LogP contribution in [0.1, 0.15) is 6.92 Å². The second kappa shape index (κ2) is 3.64. The number of hydrogen-bond donors (Lipinski definition) is 0. The van der Waals surface area contributed by atoms with Gasteiger partial charge < -0.3 is 0 Å². The van der Waals surface area contributed by atoms with Crippen molar-refractivity contribution in [2.75, 3.05) is 0 Å². The molecular formula is C4H5CuO3. The van der Waals surface area contributed by atoms with E-state index in [1.165, 1.54) is 0 Å². The number of rotatable bonds is 1. The molecule has 0 rings (SSSR count). The van der Waals surface area contributed by atoms with E-state index in [-0.39, 0.29) is 5.32 Å². The Morgan fingerprint density at radius 1 is 1.62 bits per heavy atom. The van der Waals surface area contributed by atoms with Gasteiger partial charge in [0, 0.05) is 0 Å². The van der Waals surface area contributed by atoms with Gasteiger partial charge in [0.2, 0.25) is 0 Å². The minimum absolute atomic E-state index is 0.188. The normalized spacial score (nSPS) is 8.38. The van der Waals surface area contributed by atoms with Crippen LogP contribution < -0.4 is 0 Å². The molecule has 0 saturated heterocycles. The van der Waals surface area contributed by atoms with Crippen molar-refractivity contribution >= 4 is 11.9 Å². The quantitative estimate of drug-likeness (QED) is 0.312. The summed E-state index contributed by atoms with van der Waals surface area (Å²) >= 11 is 4.40. The molecule has 0 radical (unpaired) electrons. The Labute approximate surface area is 55.2 Å². The SMILES string of the molecule is CC(=O)OC(=O)[CH2][Cu]. The third kappa shape index (κ3) is 3.84. The Morgan fingerprint density at radius 3 is 2.25 bits per heavy atom. The molecule has 0 saturated carbocycles. The first-order valence-corrected chi connectivity index (χ1v) is 2.55. The standard InChI is InChI=1S/C4H5O3.Cu/c1-3(5)7-4(2)6;/h1H2,2H3;. The van der Waals surface area contributed by atoms with Crippen molar-refractivity contribution < 1.29 is 30.3 Å². The van der Waals surface area contributed by atoms with E-state index in [0.717, 1.165) is 6.92 Å². The van der Waals surface area contributed by atoms with Crippen LogP contribution in [-0.2, 0) is 30.3 Å². The average molecular weight is 165 g/mol. The molecule has 0 N–H and O–H groups in total. The van der Waals surface area contributed by atoms with Crippen molar-refractivity contribution in [2.24, 2.45) is 0 Å². The van der Waals surface area contributed by atoms with Crippen LogP contribution in [0.25, 0.3) is 0 Å². The zero-order valence-electron chi connectivity index (χ0n) is 4.23. The fraction of sp³-hybridized carbons (Fsp3) is 0.500. The van der Waals surface area contributed by atoms with Crippen LogP contribution in [0.2, 0.25) is 5.32 Å². The predicted molar refractivity (Wildman–Crippen MR) is 21.6 cm³/mol. The fourth-order valence-electron chi connectivity index (χ4n) is 0.182. The molecule has 4 heteroatoms. The number of hydrogen-bond acceptors (Lipinski definition) is 3. The van der Waals surface area contributed by atoms with Crippen LogP contribution in [0, 0.1) is 0 Å². The molecule has 0 fully saturated rings. The van der Waals surface area contributed by atoms with Crippen LogP contribution in [0.3, 0.4) is 0 Å². The third-order valence-electron chi connectivity index (χ3n) is 0.345. The Balaban J connectivity index is 3.40. The first-order chi connectivity index (χ1) is 3.66. The van der Waals surface area contributed by atoms with Crippen molar-refractivity contribution in [1.82, 2.24) is 0 Å². The van der Waals surface area contributed by atoms with Crippen molar-refractivity contribution in [3.8, 4) is 0 Å². The van der Waals surface area contributed by atoms with Crippen molar-refractivity contribution in [3.63, 3.8) is 0 Å². The van der Waals surface area contributed by atoms with E-state index in [1.807, 2.05) is 0 Å². The number of esters is 2. The Morgan fingerprint density at radius 2 is 2.12 bits per heavy atom. The molecule has 0 aliphatic rings. The molecule has 0 amide bonds. The molecule has 0 aliphatic carbocycles. The fourth-order valence-corrected chi connectivity index (χ4v) is 0.250. The van der Waals surface area contributed by atoms with Crippen LogP contribution in [0.5, 0.6) is 0 Å². The maximum absolute atomic E-state index is 10.1. The second-order valence-electron chi connectivity index (χ2n) is 1.07. The van der Waals surface area contributed by atoms with E-state index in [4.69, 9.17) is 0 Å².